The van der Waals surface area contributed by atoms with E-state index in [1.165, 1.54) is 5.56 Å². The Kier molecular flexibility index (Phi) is 7.02. The highest BCUT2D eigenvalue weighted by molar-refractivity contribution is 7.94. The van der Waals surface area contributed by atoms with Gasteiger partial charge in [0.2, 0.25) is 5.91 Å². The summed E-state index contributed by atoms with van der Waals surface area (Å²) in [5, 5.41) is 2.97. The number of hydrogen-bond acceptors (Lipinski definition) is 3. The minimum atomic E-state index is -0.0502. The summed E-state index contributed by atoms with van der Waals surface area (Å²) in [4.78, 5) is 14.0. The lowest BCUT2D eigenvalue weighted by Crippen LogP contribution is -2.34. The molecule has 0 saturated heterocycles. The zero-order valence-corrected chi connectivity index (χ0v) is 13.4. The van der Waals surface area contributed by atoms with E-state index in [4.69, 9.17) is 0 Å². The Balaban J connectivity index is 2.66. The first kappa shape index (κ1) is 17.0. The Morgan fingerprint density at radius 1 is 1.30 bits per heavy atom. The van der Waals surface area contributed by atoms with E-state index in [1.807, 2.05) is 32.6 Å². The molecule has 0 saturated carbocycles. The van der Waals surface area contributed by atoms with Gasteiger partial charge < -0.3 is 5.32 Å². The highest BCUT2D eigenvalue weighted by atomic mass is 32.2. The third-order valence-corrected chi connectivity index (χ3v) is 3.58. The Labute approximate surface area is 125 Å². The SMILES string of the molecule is CCN(CCSF)CC(=O)Nc1c(C)cc(C)cc1C. The van der Waals surface area contributed by atoms with E-state index in [2.05, 4.69) is 17.4 Å². The van der Waals surface area contributed by atoms with Crippen LogP contribution in [0.15, 0.2) is 12.1 Å². The van der Waals surface area contributed by atoms with E-state index < -0.39 is 0 Å². The van der Waals surface area contributed by atoms with Crippen LogP contribution in [0.1, 0.15) is 23.6 Å². The molecule has 0 aliphatic rings. The molecule has 3 nitrogen and oxygen atoms in total. The Morgan fingerprint density at radius 3 is 2.40 bits per heavy atom. The number of anilines is 1. The number of aryl methyl sites for hydroxylation is 3. The minimum Gasteiger partial charge on any atom is -0.324 e. The lowest BCUT2D eigenvalue weighted by molar-refractivity contribution is -0.117. The van der Waals surface area contributed by atoms with Gasteiger partial charge in [-0.15, -0.1) is 0 Å². The lowest BCUT2D eigenvalue weighted by atomic mass is 10.1. The molecule has 0 aliphatic carbocycles. The minimum absolute atomic E-state index is 0.0502. The van der Waals surface area contributed by atoms with Crippen molar-refractivity contribution in [2.45, 2.75) is 27.7 Å². The Bertz CT molecular complexity index is 442. The molecule has 0 atom stereocenters. The summed E-state index contributed by atoms with van der Waals surface area (Å²) >= 11 is 0.310. The number of nitrogens with zero attached hydrogens (tertiary/aromatic N) is 1. The van der Waals surface area contributed by atoms with Crippen LogP contribution in [0.25, 0.3) is 0 Å². The van der Waals surface area contributed by atoms with Gasteiger partial charge in [0, 0.05) is 30.1 Å². The molecule has 1 amide bonds. The maximum absolute atomic E-state index is 12.1. The van der Waals surface area contributed by atoms with E-state index in [0.29, 0.717) is 31.0 Å². The van der Waals surface area contributed by atoms with Gasteiger partial charge in [0.1, 0.15) is 0 Å². The summed E-state index contributed by atoms with van der Waals surface area (Å²) in [5.74, 6) is 0.342. The van der Waals surface area contributed by atoms with Gasteiger partial charge in [-0.3, -0.25) is 9.69 Å². The average Bonchev–Trinajstić information content (AvgIpc) is 2.38. The second-order valence-corrected chi connectivity index (χ2v) is 5.63. The normalized spacial score (nSPS) is 10.9. The van der Waals surface area contributed by atoms with Crippen molar-refractivity contribution in [3.8, 4) is 0 Å². The third-order valence-electron chi connectivity index (χ3n) is 3.24. The molecular weight excluding hydrogens is 275 g/mol. The quantitative estimate of drug-likeness (QED) is 0.836. The predicted molar refractivity (Wildman–Crippen MR) is 85.0 cm³/mol. The van der Waals surface area contributed by atoms with Crippen LogP contribution >= 0.6 is 12.1 Å². The molecule has 1 rings (SSSR count). The van der Waals surface area contributed by atoms with Gasteiger partial charge in [-0.2, -0.15) is 3.89 Å². The molecule has 0 radical (unpaired) electrons. The summed E-state index contributed by atoms with van der Waals surface area (Å²) in [6.45, 7) is 9.61. The number of benzene rings is 1. The predicted octanol–water partition coefficient (Wildman–Crippen LogP) is 3.49. The highest BCUT2D eigenvalue weighted by Crippen LogP contribution is 2.21. The number of likely N-dealkylation sites (N-methyl/N-ethyl adjacent to an activating group) is 1. The molecule has 0 unspecified atom stereocenters. The summed E-state index contributed by atoms with van der Waals surface area (Å²) in [6, 6.07) is 4.11. The van der Waals surface area contributed by atoms with Crippen molar-refractivity contribution in [3.63, 3.8) is 0 Å². The van der Waals surface area contributed by atoms with Crippen molar-refractivity contribution in [2.24, 2.45) is 0 Å². The van der Waals surface area contributed by atoms with Crippen molar-refractivity contribution < 1.29 is 8.68 Å². The van der Waals surface area contributed by atoms with Crippen LogP contribution < -0.4 is 5.32 Å². The molecule has 0 spiro atoms. The lowest BCUT2D eigenvalue weighted by Gasteiger charge is -2.20. The van der Waals surface area contributed by atoms with Gasteiger partial charge in [-0.1, -0.05) is 24.6 Å². The maximum atomic E-state index is 12.1. The zero-order valence-electron chi connectivity index (χ0n) is 12.6. The zero-order chi connectivity index (χ0) is 15.1. The number of halogens is 1. The van der Waals surface area contributed by atoms with E-state index in [1.54, 1.807) is 0 Å². The van der Waals surface area contributed by atoms with E-state index >= 15 is 0 Å². The van der Waals surface area contributed by atoms with Gasteiger partial charge >= 0.3 is 0 Å². The fourth-order valence-corrected chi connectivity index (χ4v) is 2.60. The third kappa shape index (κ3) is 5.13. The number of amides is 1. The maximum Gasteiger partial charge on any atom is 0.238 e. The van der Waals surface area contributed by atoms with Crippen LogP contribution in [0.4, 0.5) is 9.57 Å². The topological polar surface area (TPSA) is 32.3 Å². The second kappa shape index (κ2) is 8.27. The molecule has 0 aromatic heterocycles. The monoisotopic (exact) mass is 298 g/mol. The van der Waals surface area contributed by atoms with Gasteiger partial charge in [-0.05, 0) is 38.4 Å². The Hall–Kier alpha value is -1.07. The van der Waals surface area contributed by atoms with Crippen molar-refractivity contribution in [1.29, 1.82) is 0 Å². The molecule has 0 bridgehead atoms. The number of nitrogens with one attached hydrogen (secondary N) is 1. The number of carbonyl (C=O) groups is 1. The molecule has 5 heteroatoms. The van der Waals surface area contributed by atoms with E-state index in [9.17, 15) is 8.68 Å². The fourth-order valence-electron chi connectivity index (χ4n) is 2.27. The standard InChI is InChI=1S/C15H23FN2OS/c1-5-18(6-7-20-16)10-14(19)17-15-12(3)8-11(2)9-13(15)4/h8-9H,5-7,10H2,1-4H3,(H,17,19). The molecule has 0 heterocycles. The summed E-state index contributed by atoms with van der Waals surface area (Å²) in [6.07, 6.45) is 0. The van der Waals surface area contributed by atoms with Crippen LogP contribution in [-0.2, 0) is 4.79 Å². The van der Waals surface area contributed by atoms with Crippen LogP contribution in [0.5, 0.6) is 0 Å². The van der Waals surface area contributed by atoms with Crippen molar-refractivity contribution in [1.82, 2.24) is 4.90 Å². The van der Waals surface area contributed by atoms with Crippen molar-refractivity contribution in [2.75, 3.05) is 30.7 Å². The summed E-state index contributed by atoms with van der Waals surface area (Å²) in [5.41, 5.74) is 4.21. The average molecular weight is 298 g/mol. The van der Waals surface area contributed by atoms with Crippen LogP contribution in [0.3, 0.4) is 0 Å². The van der Waals surface area contributed by atoms with Crippen LogP contribution in [-0.4, -0.2) is 36.2 Å². The van der Waals surface area contributed by atoms with Crippen molar-refractivity contribution >= 4 is 23.7 Å². The molecular formula is C15H23FN2OS. The van der Waals surface area contributed by atoms with Gasteiger partial charge in [0.05, 0.1) is 6.54 Å². The largest absolute Gasteiger partial charge is 0.324 e. The smallest absolute Gasteiger partial charge is 0.238 e. The van der Waals surface area contributed by atoms with Crippen LogP contribution in [0.2, 0.25) is 0 Å². The number of carbonyl (C=O) groups excluding carboxylic acids is 1. The van der Waals surface area contributed by atoms with Crippen molar-refractivity contribution in [3.05, 3.63) is 28.8 Å². The van der Waals surface area contributed by atoms with E-state index in [-0.39, 0.29) is 5.91 Å². The molecule has 1 N–H and O–H groups in total. The van der Waals surface area contributed by atoms with E-state index in [0.717, 1.165) is 23.4 Å². The number of hydrogen-bond donors (Lipinski definition) is 1. The van der Waals surface area contributed by atoms with Gasteiger partial charge in [-0.25, -0.2) is 0 Å². The first-order chi connectivity index (χ1) is 9.47. The summed E-state index contributed by atoms with van der Waals surface area (Å²) in [7, 11) is 0. The Morgan fingerprint density at radius 2 is 1.90 bits per heavy atom. The molecule has 112 valence electrons. The molecule has 0 fully saturated rings. The summed E-state index contributed by atoms with van der Waals surface area (Å²) < 4.78 is 12.1. The van der Waals surface area contributed by atoms with Gasteiger partial charge in [0.25, 0.3) is 0 Å². The highest BCUT2D eigenvalue weighted by Gasteiger charge is 2.12. The molecule has 1 aromatic carbocycles. The molecule has 1 aromatic rings. The fraction of sp³-hybridized carbons (Fsp3) is 0.533. The molecule has 0 aliphatic heterocycles. The number of rotatable bonds is 7. The van der Waals surface area contributed by atoms with Crippen LogP contribution in [0, 0.1) is 20.8 Å². The second-order valence-electron chi connectivity index (χ2n) is 5.00. The first-order valence-corrected chi connectivity index (χ1v) is 7.70. The van der Waals surface area contributed by atoms with Gasteiger partial charge in [0.15, 0.2) is 0 Å². The molecule has 20 heavy (non-hydrogen) atoms. The first-order valence-electron chi connectivity index (χ1n) is 6.81.